The van der Waals surface area contributed by atoms with Crippen molar-refractivity contribution in [1.29, 1.82) is 0 Å². The van der Waals surface area contributed by atoms with Crippen LogP contribution in [0.1, 0.15) is 28.1 Å². The third-order valence-corrected chi connectivity index (χ3v) is 7.51. The number of hydrogen-bond donors (Lipinski definition) is 1. The van der Waals surface area contributed by atoms with E-state index in [4.69, 9.17) is 16.3 Å². The van der Waals surface area contributed by atoms with Gasteiger partial charge in [0.1, 0.15) is 24.2 Å². The van der Waals surface area contributed by atoms with Gasteiger partial charge in [-0.3, -0.25) is 0 Å². The molecule has 5 nitrogen and oxygen atoms in total. The Morgan fingerprint density at radius 1 is 1.16 bits per heavy atom. The molecule has 6 rings (SSSR count). The second kappa shape index (κ2) is 7.44. The Labute approximate surface area is 192 Å². The van der Waals surface area contributed by atoms with Crippen LogP contribution >= 0.6 is 34.7 Å². The van der Waals surface area contributed by atoms with Gasteiger partial charge < -0.3 is 10.1 Å². The summed E-state index contributed by atoms with van der Waals surface area (Å²) in [6.07, 6.45) is 3.40. The lowest BCUT2D eigenvalue weighted by Gasteiger charge is -2.38. The molecule has 0 amide bonds. The Morgan fingerprint density at radius 2 is 2.03 bits per heavy atom. The first kappa shape index (κ1) is 19.0. The molecule has 0 saturated carbocycles. The number of benzene rings is 2. The summed E-state index contributed by atoms with van der Waals surface area (Å²) >= 11 is 9.80. The largest absolute Gasteiger partial charge is 0.480 e. The lowest BCUT2D eigenvalue weighted by Crippen LogP contribution is -2.32. The minimum absolute atomic E-state index is 0.119. The maximum Gasteiger partial charge on any atom is 0.226 e. The fourth-order valence-electron chi connectivity index (χ4n) is 4.22. The van der Waals surface area contributed by atoms with E-state index in [-0.39, 0.29) is 12.1 Å². The van der Waals surface area contributed by atoms with Crippen LogP contribution in [0.25, 0.3) is 5.70 Å². The smallest absolute Gasteiger partial charge is 0.226 e. The third kappa shape index (κ3) is 3.07. The quantitative estimate of drug-likeness (QED) is 0.362. The van der Waals surface area contributed by atoms with Gasteiger partial charge in [0.2, 0.25) is 5.95 Å². The summed E-state index contributed by atoms with van der Waals surface area (Å²) in [5.41, 5.74) is 4.13. The molecule has 2 aliphatic heterocycles. The Kier molecular flexibility index (Phi) is 4.56. The van der Waals surface area contributed by atoms with E-state index in [1.165, 1.54) is 9.77 Å². The van der Waals surface area contributed by atoms with E-state index in [0.29, 0.717) is 11.0 Å². The van der Waals surface area contributed by atoms with Gasteiger partial charge >= 0.3 is 0 Å². The zero-order valence-electron chi connectivity index (χ0n) is 16.4. The van der Waals surface area contributed by atoms with Gasteiger partial charge in [0, 0.05) is 25.9 Å². The molecular weight excluding hydrogens is 448 g/mol. The monoisotopic (exact) mass is 464 g/mol. The molecule has 0 radical (unpaired) electrons. The number of thioether (sulfide) groups is 1. The van der Waals surface area contributed by atoms with Crippen molar-refractivity contribution in [2.24, 2.45) is 0 Å². The van der Waals surface area contributed by atoms with Crippen LogP contribution in [-0.2, 0) is 0 Å². The highest BCUT2D eigenvalue weighted by Crippen LogP contribution is 2.51. The van der Waals surface area contributed by atoms with Crippen LogP contribution in [0.5, 0.6) is 5.75 Å². The zero-order chi connectivity index (χ0) is 20.9. The second-order valence-electron chi connectivity index (χ2n) is 7.31. The van der Waals surface area contributed by atoms with E-state index in [1.54, 1.807) is 29.4 Å². The first-order chi connectivity index (χ1) is 15.2. The zero-order valence-corrected chi connectivity index (χ0v) is 18.8. The Hall–Kier alpha value is -2.74. The molecule has 4 aromatic rings. The van der Waals surface area contributed by atoms with Crippen molar-refractivity contribution in [2.45, 2.75) is 17.0 Å². The van der Waals surface area contributed by atoms with Crippen LogP contribution in [0.2, 0.25) is 5.02 Å². The SMILES string of the molecule is CSc1ccc(C2Oc3ccc(Cl)cc3C3=C2C(c2cccs2)n2ncnc2N3)cc1. The van der Waals surface area contributed by atoms with Gasteiger partial charge in [-0.25, -0.2) is 4.68 Å². The maximum absolute atomic E-state index is 6.62. The molecule has 2 aromatic heterocycles. The van der Waals surface area contributed by atoms with Gasteiger partial charge in [0.15, 0.2) is 0 Å². The highest BCUT2D eigenvalue weighted by Gasteiger charge is 2.41. The van der Waals surface area contributed by atoms with Crippen molar-refractivity contribution in [3.05, 3.63) is 92.9 Å². The lowest BCUT2D eigenvalue weighted by atomic mass is 9.87. The van der Waals surface area contributed by atoms with Crippen molar-refractivity contribution in [1.82, 2.24) is 14.8 Å². The first-order valence-corrected chi connectivity index (χ1v) is 12.3. The Morgan fingerprint density at radius 3 is 2.81 bits per heavy atom. The predicted octanol–water partition coefficient (Wildman–Crippen LogP) is 6.27. The van der Waals surface area contributed by atoms with E-state index in [2.05, 4.69) is 63.4 Å². The molecule has 2 aliphatic rings. The summed E-state index contributed by atoms with van der Waals surface area (Å²) in [7, 11) is 0. The van der Waals surface area contributed by atoms with Gasteiger partial charge in [-0.05, 0) is 53.6 Å². The number of hydrogen-bond acceptors (Lipinski definition) is 6. The fourth-order valence-corrected chi connectivity index (χ4v) is 5.62. The Bertz CT molecular complexity index is 1300. The average Bonchev–Trinajstić information content (AvgIpc) is 3.49. The molecule has 4 heterocycles. The number of ether oxygens (including phenoxy) is 1. The molecule has 2 unspecified atom stereocenters. The standard InChI is InChI=1S/C23H17ClN4OS2/c1-30-15-7-4-13(5-8-15)22-19-20(16-11-14(24)6-9-17(16)29-22)27-23-25-12-26-28(23)21(19)18-3-2-10-31-18/h2-12,21-22H,1H3,(H,25,26,27). The molecule has 2 aromatic carbocycles. The van der Waals surface area contributed by atoms with Crippen molar-refractivity contribution < 1.29 is 4.74 Å². The summed E-state index contributed by atoms with van der Waals surface area (Å²) in [4.78, 5) is 6.86. The number of nitrogens with one attached hydrogen (secondary N) is 1. The minimum Gasteiger partial charge on any atom is -0.480 e. The van der Waals surface area contributed by atoms with E-state index in [9.17, 15) is 0 Å². The third-order valence-electron chi connectivity index (χ3n) is 5.61. The molecule has 0 fully saturated rings. The van der Waals surface area contributed by atoms with E-state index >= 15 is 0 Å². The van der Waals surface area contributed by atoms with Gasteiger partial charge in [0.05, 0.1) is 5.70 Å². The normalized spacial score (nSPS) is 19.2. The maximum atomic E-state index is 6.62. The van der Waals surface area contributed by atoms with E-state index < -0.39 is 0 Å². The summed E-state index contributed by atoms with van der Waals surface area (Å²) in [5, 5.41) is 10.8. The fraction of sp³-hybridized carbons (Fsp3) is 0.130. The van der Waals surface area contributed by atoms with Crippen LogP contribution in [-0.4, -0.2) is 21.0 Å². The van der Waals surface area contributed by atoms with E-state index in [0.717, 1.165) is 28.1 Å². The number of thiophene rings is 1. The lowest BCUT2D eigenvalue weighted by molar-refractivity contribution is 0.223. The first-order valence-electron chi connectivity index (χ1n) is 9.77. The molecule has 8 heteroatoms. The van der Waals surface area contributed by atoms with Crippen molar-refractivity contribution in [3.63, 3.8) is 0 Å². The van der Waals surface area contributed by atoms with Crippen LogP contribution < -0.4 is 10.1 Å². The highest BCUT2D eigenvalue weighted by atomic mass is 35.5. The molecule has 154 valence electrons. The Balaban J connectivity index is 1.61. The second-order valence-corrected chi connectivity index (χ2v) is 9.61. The molecule has 1 N–H and O–H groups in total. The van der Waals surface area contributed by atoms with Crippen LogP contribution in [0.3, 0.4) is 0 Å². The molecule has 0 aliphatic carbocycles. The number of anilines is 1. The van der Waals surface area contributed by atoms with Crippen LogP contribution in [0.15, 0.2) is 76.8 Å². The highest BCUT2D eigenvalue weighted by molar-refractivity contribution is 7.98. The van der Waals surface area contributed by atoms with Gasteiger partial charge in [-0.2, -0.15) is 10.1 Å². The molecule has 2 atom stereocenters. The number of aromatic nitrogens is 3. The molecule has 31 heavy (non-hydrogen) atoms. The van der Waals surface area contributed by atoms with Gasteiger partial charge in [0.25, 0.3) is 0 Å². The number of halogens is 1. The van der Waals surface area contributed by atoms with Crippen LogP contribution in [0, 0.1) is 0 Å². The van der Waals surface area contributed by atoms with Crippen molar-refractivity contribution in [2.75, 3.05) is 11.6 Å². The molecular formula is C23H17ClN4OS2. The summed E-state index contributed by atoms with van der Waals surface area (Å²) in [6.45, 7) is 0. The van der Waals surface area contributed by atoms with Crippen molar-refractivity contribution >= 4 is 46.3 Å². The number of nitrogens with zero attached hydrogens (tertiary/aromatic N) is 3. The summed E-state index contributed by atoms with van der Waals surface area (Å²) in [6, 6.07) is 18.4. The van der Waals surface area contributed by atoms with Crippen LogP contribution in [0.4, 0.5) is 5.95 Å². The summed E-state index contributed by atoms with van der Waals surface area (Å²) < 4.78 is 8.55. The topological polar surface area (TPSA) is 52.0 Å². The predicted molar refractivity (Wildman–Crippen MR) is 126 cm³/mol. The molecule has 0 spiro atoms. The van der Waals surface area contributed by atoms with E-state index in [1.807, 2.05) is 22.9 Å². The molecule has 0 saturated heterocycles. The summed E-state index contributed by atoms with van der Waals surface area (Å²) in [5.74, 6) is 1.51. The van der Waals surface area contributed by atoms with Gasteiger partial charge in [-0.15, -0.1) is 23.1 Å². The average molecular weight is 465 g/mol. The molecule has 0 bridgehead atoms. The number of fused-ring (bicyclic) bond motifs is 3. The minimum atomic E-state index is -0.267. The number of rotatable bonds is 3. The van der Waals surface area contributed by atoms with Crippen molar-refractivity contribution in [3.8, 4) is 5.75 Å². The van der Waals surface area contributed by atoms with Gasteiger partial charge in [-0.1, -0.05) is 29.8 Å².